The van der Waals surface area contributed by atoms with Gasteiger partial charge in [0.05, 0.1) is 17.3 Å². The summed E-state index contributed by atoms with van der Waals surface area (Å²) in [4.78, 5) is 29.2. The molecule has 4 heterocycles. The molecular weight excluding hydrogens is 498 g/mol. The van der Waals surface area contributed by atoms with Crippen LogP contribution in [-0.4, -0.2) is 66.5 Å². The number of ketones is 1. The topological polar surface area (TPSA) is 61.8 Å². The molecule has 2 aromatic carbocycles. The van der Waals surface area contributed by atoms with Crippen LogP contribution >= 0.6 is 11.6 Å². The number of fused-ring (bicyclic) bond motifs is 2. The monoisotopic (exact) mass is 531 g/mol. The maximum Gasteiger partial charge on any atom is 0.318 e. The molecule has 198 valence electrons. The van der Waals surface area contributed by atoms with E-state index in [1.54, 1.807) is 0 Å². The smallest absolute Gasteiger partial charge is 0.318 e. The second-order valence-corrected chi connectivity index (χ2v) is 11.1. The van der Waals surface area contributed by atoms with Crippen LogP contribution in [0.15, 0.2) is 49.1 Å². The predicted molar refractivity (Wildman–Crippen MR) is 152 cm³/mol. The van der Waals surface area contributed by atoms with Crippen molar-refractivity contribution < 1.29 is 9.53 Å². The van der Waals surface area contributed by atoms with Crippen molar-refractivity contribution in [3.63, 3.8) is 0 Å². The van der Waals surface area contributed by atoms with Crippen LogP contribution in [0.5, 0.6) is 6.01 Å². The van der Waals surface area contributed by atoms with E-state index in [0.717, 1.165) is 77.5 Å². The van der Waals surface area contributed by atoms with E-state index in [-0.39, 0.29) is 11.7 Å². The maximum atomic E-state index is 12.3. The Morgan fingerprint density at radius 3 is 2.76 bits per heavy atom. The lowest BCUT2D eigenvalue weighted by Gasteiger charge is -2.33. The largest absolute Gasteiger partial charge is 0.462 e. The van der Waals surface area contributed by atoms with Crippen LogP contribution in [0.3, 0.4) is 0 Å². The van der Waals surface area contributed by atoms with Gasteiger partial charge >= 0.3 is 6.01 Å². The quantitative estimate of drug-likeness (QED) is 0.402. The van der Waals surface area contributed by atoms with E-state index >= 15 is 0 Å². The Hall–Kier alpha value is -3.16. The average molecular weight is 532 g/mol. The highest BCUT2D eigenvalue weighted by molar-refractivity contribution is 6.36. The molecule has 0 spiro atoms. The van der Waals surface area contributed by atoms with Crippen molar-refractivity contribution in [1.29, 1.82) is 0 Å². The summed E-state index contributed by atoms with van der Waals surface area (Å²) >= 11 is 6.67. The van der Waals surface area contributed by atoms with E-state index in [4.69, 9.17) is 26.3 Å². The molecule has 6 rings (SSSR count). The molecule has 3 aliphatic heterocycles. The van der Waals surface area contributed by atoms with Gasteiger partial charge in [0.15, 0.2) is 5.78 Å². The molecule has 2 atom stereocenters. The third-order valence-corrected chi connectivity index (χ3v) is 8.68. The van der Waals surface area contributed by atoms with Crippen LogP contribution in [0, 0.1) is 5.92 Å². The second-order valence-electron chi connectivity index (χ2n) is 10.7. The fraction of sp³-hybridized carbons (Fsp3) is 0.433. The van der Waals surface area contributed by atoms with Crippen molar-refractivity contribution in [3.05, 3.63) is 65.3 Å². The lowest BCUT2D eigenvalue weighted by atomic mass is 10.0. The Bertz CT molecular complexity index is 1370. The molecule has 0 saturated carbocycles. The molecule has 1 aromatic heterocycles. The van der Waals surface area contributed by atoms with E-state index in [9.17, 15) is 4.79 Å². The standard InChI is InChI=1S/C30H34ClN5O2/c1-3-27(37)21-12-15-36(17-21)29-23-13-16-35(26-11-5-8-20-7-4-10-24(31)28(20)26)18-25(23)32-30(33-29)38-19-22-9-6-14-34(22)2/h3-5,7-8,10-11,21-22H,1,6,9,12-19H2,2H3/t21?,22-/m0/s1. The minimum Gasteiger partial charge on any atom is -0.462 e. The van der Waals surface area contributed by atoms with Crippen LogP contribution < -0.4 is 14.5 Å². The van der Waals surface area contributed by atoms with Crippen molar-refractivity contribution in [2.75, 3.05) is 49.6 Å². The van der Waals surface area contributed by atoms with Crippen molar-refractivity contribution in [2.45, 2.75) is 38.3 Å². The fourth-order valence-corrected chi connectivity index (χ4v) is 6.45. The lowest BCUT2D eigenvalue weighted by Crippen LogP contribution is -2.35. The summed E-state index contributed by atoms with van der Waals surface area (Å²) in [5, 5.41) is 2.95. The number of halogens is 1. The summed E-state index contributed by atoms with van der Waals surface area (Å²) in [6.45, 7) is 8.30. The summed E-state index contributed by atoms with van der Waals surface area (Å²) in [6, 6.07) is 13.2. The van der Waals surface area contributed by atoms with Crippen LogP contribution in [0.25, 0.3) is 10.8 Å². The molecule has 2 fully saturated rings. The minimum atomic E-state index is -0.0347. The van der Waals surface area contributed by atoms with Crippen LogP contribution in [-0.2, 0) is 17.8 Å². The Morgan fingerprint density at radius 1 is 1.13 bits per heavy atom. The Balaban J connectivity index is 1.33. The third kappa shape index (κ3) is 4.74. The molecule has 3 aromatic rings. The lowest BCUT2D eigenvalue weighted by molar-refractivity contribution is -0.117. The molecule has 3 aliphatic rings. The zero-order valence-corrected chi connectivity index (χ0v) is 22.7. The molecule has 8 heteroatoms. The van der Waals surface area contributed by atoms with Crippen LogP contribution in [0.2, 0.25) is 5.02 Å². The van der Waals surface area contributed by atoms with Gasteiger partial charge in [0.25, 0.3) is 0 Å². The highest BCUT2D eigenvalue weighted by Gasteiger charge is 2.32. The van der Waals surface area contributed by atoms with Gasteiger partial charge in [0.1, 0.15) is 12.4 Å². The van der Waals surface area contributed by atoms with Gasteiger partial charge in [-0.15, -0.1) is 0 Å². The van der Waals surface area contributed by atoms with Gasteiger partial charge in [-0.1, -0.05) is 42.4 Å². The zero-order valence-electron chi connectivity index (χ0n) is 21.9. The molecule has 38 heavy (non-hydrogen) atoms. The molecule has 2 saturated heterocycles. The number of hydrogen-bond acceptors (Lipinski definition) is 7. The van der Waals surface area contributed by atoms with Gasteiger partial charge in [0.2, 0.25) is 0 Å². The number of rotatable bonds is 7. The summed E-state index contributed by atoms with van der Waals surface area (Å²) in [7, 11) is 2.15. The normalized spacial score (nSPS) is 21.6. The first-order valence-corrected chi connectivity index (χ1v) is 14.0. The number of aromatic nitrogens is 2. The highest BCUT2D eigenvalue weighted by Crippen LogP contribution is 2.37. The van der Waals surface area contributed by atoms with Crippen molar-refractivity contribution in [3.8, 4) is 6.01 Å². The van der Waals surface area contributed by atoms with Crippen molar-refractivity contribution in [1.82, 2.24) is 14.9 Å². The Morgan fingerprint density at radius 2 is 1.97 bits per heavy atom. The van der Waals surface area contributed by atoms with E-state index in [0.29, 0.717) is 31.7 Å². The Kier molecular flexibility index (Phi) is 6.97. The van der Waals surface area contributed by atoms with Gasteiger partial charge in [-0.2, -0.15) is 9.97 Å². The SMILES string of the molecule is C=CC(=O)C1CCN(c2nc(OC[C@@H]3CCCN3C)nc3c2CCN(c2cccc4cccc(Cl)c24)C3)C1. The second kappa shape index (κ2) is 10.5. The fourth-order valence-electron chi connectivity index (χ4n) is 6.17. The molecule has 0 amide bonds. The number of carbonyl (C=O) groups excluding carboxylic acids is 1. The van der Waals surface area contributed by atoms with Gasteiger partial charge in [-0.05, 0) is 62.9 Å². The van der Waals surface area contributed by atoms with Gasteiger partial charge in [0, 0.05) is 48.2 Å². The van der Waals surface area contributed by atoms with Gasteiger partial charge < -0.3 is 19.4 Å². The molecule has 0 bridgehead atoms. The van der Waals surface area contributed by atoms with E-state index in [2.05, 4.69) is 52.6 Å². The van der Waals surface area contributed by atoms with E-state index < -0.39 is 0 Å². The molecule has 0 N–H and O–H groups in total. The Labute approximate surface area is 229 Å². The molecule has 1 unspecified atom stereocenters. The summed E-state index contributed by atoms with van der Waals surface area (Å²) in [5.41, 5.74) is 3.26. The summed E-state index contributed by atoms with van der Waals surface area (Å²) < 4.78 is 6.24. The van der Waals surface area contributed by atoms with Gasteiger partial charge in [-0.3, -0.25) is 4.79 Å². The van der Waals surface area contributed by atoms with Gasteiger partial charge in [-0.25, -0.2) is 0 Å². The number of ether oxygens (including phenoxy) is 1. The van der Waals surface area contributed by atoms with Crippen molar-refractivity contribution in [2.24, 2.45) is 5.92 Å². The summed E-state index contributed by atoms with van der Waals surface area (Å²) in [6.07, 6.45) is 5.39. The first-order valence-electron chi connectivity index (χ1n) is 13.6. The van der Waals surface area contributed by atoms with Crippen LogP contribution in [0.1, 0.15) is 30.5 Å². The highest BCUT2D eigenvalue weighted by atomic mass is 35.5. The number of nitrogens with zero attached hydrogens (tertiary/aromatic N) is 5. The molecule has 0 aliphatic carbocycles. The number of anilines is 2. The summed E-state index contributed by atoms with van der Waals surface area (Å²) in [5.74, 6) is 0.988. The number of carbonyl (C=O) groups is 1. The third-order valence-electron chi connectivity index (χ3n) is 8.36. The average Bonchev–Trinajstić information content (AvgIpc) is 3.60. The number of likely N-dealkylation sites (tertiary alicyclic amines) is 1. The number of allylic oxidation sites excluding steroid dienone is 1. The zero-order chi connectivity index (χ0) is 26.2. The first-order chi connectivity index (χ1) is 18.5. The van der Waals surface area contributed by atoms with Crippen LogP contribution in [0.4, 0.5) is 11.5 Å². The molecule has 0 radical (unpaired) electrons. The van der Waals surface area contributed by atoms with E-state index in [1.807, 2.05) is 12.1 Å². The number of benzene rings is 2. The molecular formula is C30H34ClN5O2. The molecule has 7 nitrogen and oxygen atoms in total. The van der Waals surface area contributed by atoms with Crippen molar-refractivity contribution >= 4 is 39.7 Å². The minimum absolute atomic E-state index is 0.0347. The first kappa shape index (κ1) is 25.1. The number of likely N-dealkylation sites (N-methyl/N-ethyl adjacent to an activating group) is 1. The predicted octanol–water partition coefficient (Wildman–Crippen LogP) is 4.90. The van der Waals surface area contributed by atoms with E-state index in [1.165, 1.54) is 12.5 Å². The maximum absolute atomic E-state index is 12.3. The number of hydrogen-bond donors (Lipinski definition) is 0.